The zero-order chi connectivity index (χ0) is 21.6. The zero-order valence-electron chi connectivity index (χ0n) is 16.1. The van der Waals surface area contributed by atoms with E-state index in [1.54, 1.807) is 36.4 Å². The third-order valence-electron chi connectivity index (χ3n) is 3.95. The van der Waals surface area contributed by atoms with Gasteiger partial charge in [-0.25, -0.2) is 8.42 Å². The Morgan fingerprint density at radius 1 is 1.07 bits per heavy atom. The van der Waals surface area contributed by atoms with Crippen molar-refractivity contribution in [2.75, 3.05) is 24.7 Å². The quantitative estimate of drug-likeness (QED) is 0.649. The van der Waals surface area contributed by atoms with Gasteiger partial charge in [0.1, 0.15) is 6.54 Å². The van der Waals surface area contributed by atoms with Crippen LogP contribution in [0.15, 0.2) is 42.5 Å². The maximum atomic E-state index is 12.8. The molecule has 1 N–H and O–H groups in total. The van der Waals surface area contributed by atoms with Crippen LogP contribution in [0.3, 0.4) is 0 Å². The highest BCUT2D eigenvalue weighted by atomic mass is 35.5. The number of amides is 2. The van der Waals surface area contributed by atoms with Crippen LogP contribution < -0.4 is 5.32 Å². The van der Waals surface area contributed by atoms with Crippen LogP contribution in [0.4, 0.5) is 5.69 Å². The number of nitrogens with zero attached hydrogens (tertiary/aromatic N) is 1. The molecule has 0 atom stereocenters. The van der Waals surface area contributed by atoms with E-state index in [2.05, 4.69) is 5.32 Å². The molecule has 0 bridgehead atoms. The molecule has 0 aliphatic heterocycles. The summed E-state index contributed by atoms with van der Waals surface area (Å²) in [4.78, 5) is 26.7. The van der Waals surface area contributed by atoms with E-state index < -0.39 is 9.84 Å². The third-order valence-corrected chi connectivity index (χ3v) is 5.36. The smallest absolute Gasteiger partial charge is 0.254 e. The first-order valence-corrected chi connectivity index (χ1v) is 11.7. The first-order chi connectivity index (χ1) is 13.6. The summed E-state index contributed by atoms with van der Waals surface area (Å²) < 4.78 is 22.8. The molecule has 9 heteroatoms. The molecule has 6 nitrogen and oxygen atoms in total. The normalized spacial score (nSPS) is 11.2. The van der Waals surface area contributed by atoms with Crippen molar-refractivity contribution in [3.63, 3.8) is 0 Å². The van der Waals surface area contributed by atoms with Crippen LogP contribution in [-0.4, -0.2) is 44.5 Å². The number of anilines is 1. The molecule has 0 radical (unpaired) electrons. The number of benzene rings is 2. The number of nitrogens with one attached hydrogen (secondary N) is 1. The zero-order valence-corrected chi connectivity index (χ0v) is 18.4. The fourth-order valence-corrected chi connectivity index (χ4v) is 3.96. The second-order valence-corrected chi connectivity index (χ2v) is 9.65. The minimum Gasteiger partial charge on any atom is -0.329 e. The molecule has 2 rings (SSSR count). The third kappa shape index (κ3) is 7.34. The topological polar surface area (TPSA) is 83.6 Å². The predicted molar refractivity (Wildman–Crippen MR) is 116 cm³/mol. The lowest BCUT2D eigenvalue weighted by molar-refractivity contribution is -0.116. The maximum absolute atomic E-state index is 12.8. The molecule has 0 saturated heterocycles. The molecule has 0 unspecified atom stereocenters. The molecule has 0 spiro atoms. The molecule has 0 saturated carbocycles. The Labute approximate surface area is 180 Å². The van der Waals surface area contributed by atoms with Gasteiger partial charge in [0.05, 0.1) is 16.5 Å². The Morgan fingerprint density at radius 3 is 2.28 bits per heavy atom. The fourth-order valence-electron chi connectivity index (χ4n) is 2.71. The van der Waals surface area contributed by atoms with E-state index in [1.165, 1.54) is 11.0 Å². The van der Waals surface area contributed by atoms with Gasteiger partial charge < -0.3 is 10.2 Å². The van der Waals surface area contributed by atoms with Gasteiger partial charge in [-0.2, -0.15) is 0 Å². The summed E-state index contributed by atoms with van der Waals surface area (Å²) >= 11 is 11.9. The highest BCUT2D eigenvalue weighted by molar-refractivity contribution is 7.89. The fraction of sp³-hybridized carbons (Fsp3) is 0.300. The minimum atomic E-state index is -3.15. The second kappa shape index (κ2) is 10.1. The van der Waals surface area contributed by atoms with Crippen LogP contribution in [0.1, 0.15) is 29.3 Å². The van der Waals surface area contributed by atoms with Crippen LogP contribution in [0.5, 0.6) is 0 Å². The van der Waals surface area contributed by atoms with Gasteiger partial charge in [-0.3, -0.25) is 9.59 Å². The van der Waals surface area contributed by atoms with Crippen LogP contribution in [-0.2, 0) is 20.4 Å². The molecule has 0 heterocycles. The number of sulfone groups is 1. The van der Waals surface area contributed by atoms with Crippen molar-refractivity contribution in [3.8, 4) is 0 Å². The molecule has 0 aliphatic carbocycles. The van der Waals surface area contributed by atoms with Gasteiger partial charge in [0.15, 0.2) is 9.84 Å². The highest BCUT2D eigenvalue weighted by Crippen LogP contribution is 2.25. The molecule has 156 valence electrons. The monoisotopic (exact) mass is 456 g/mol. The van der Waals surface area contributed by atoms with E-state index in [9.17, 15) is 18.0 Å². The number of rotatable bonds is 8. The number of halogens is 2. The Hall–Kier alpha value is -2.09. The average Bonchev–Trinajstić information content (AvgIpc) is 2.62. The lowest BCUT2D eigenvalue weighted by atomic mass is 10.1. The van der Waals surface area contributed by atoms with Crippen molar-refractivity contribution in [2.45, 2.75) is 19.1 Å². The van der Waals surface area contributed by atoms with Crippen LogP contribution in [0.25, 0.3) is 0 Å². The Balaban J connectivity index is 2.09. The molecule has 29 heavy (non-hydrogen) atoms. The summed E-state index contributed by atoms with van der Waals surface area (Å²) in [7, 11) is -3.15. The molecular formula is C20H22Cl2N2O4S. The Bertz CT molecular complexity index is 992. The molecular weight excluding hydrogens is 435 g/mol. The lowest BCUT2D eigenvalue weighted by Gasteiger charge is -2.22. The number of hydrogen-bond acceptors (Lipinski definition) is 4. The highest BCUT2D eigenvalue weighted by Gasteiger charge is 2.19. The van der Waals surface area contributed by atoms with Gasteiger partial charge in [-0.1, -0.05) is 42.3 Å². The van der Waals surface area contributed by atoms with Crippen LogP contribution in [0.2, 0.25) is 10.0 Å². The van der Waals surface area contributed by atoms with Crippen molar-refractivity contribution < 1.29 is 18.0 Å². The van der Waals surface area contributed by atoms with Crippen LogP contribution in [0, 0.1) is 0 Å². The van der Waals surface area contributed by atoms with Gasteiger partial charge in [-0.15, -0.1) is 0 Å². The number of carbonyl (C=O) groups excluding carboxylic acids is 2. The number of hydrogen-bond donors (Lipinski definition) is 1. The van der Waals surface area contributed by atoms with Gasteiger partial charge in [-0.05, 0) is 42.3 Å². The first-order valence-electron chi connectivity index (χ1n) is 8.90. The molecule has 2 amide bonds. The van der Waals surface area contributed by atoms with Gasteiger partial charge in [0.2, 0.25) is 5.91 Å². The van der Waals surface area contributed by atoms with E-state index >= 15 is 0 Å². The predicted octanol–water partition coefficient (Wildman–Crippen LogP) is 4.03. The summed E-state index contributed by atoms with van der Waals surface area (Å²) in [6, 6.07) is 11.1. The van der Waals surface area contributed by atoms with E-state index in [4.69, 9.17) is 23.2 Å². The molecule has 2 aromatic rings. The summed E-state index contributed by atoms with van der Waals surface area (Å²) in [5, 5.41) is 3.44. The summed E-state index contributed by atoms with van der Waals surface area (Å²) in [5.41, 5.74) is 1.39. The molecule has 0 aromatic heterocycles. The van der Waals surface area contributed by atoms with Crippen molar-refractivity contribution >= 4 is 50.5 Å². The van der Waals surface area contributed by atoms with Crippen molar-refractivity contribution in [1.82, 2.24) is 4.90 Å². The summed E-state index contributed by atoms with van der Waals surface area (Å²) in [6.45, 7) is 2.16. The van der Waals surface area contributed by atoms with E-state index in [-0.39, 0.29) is 24.1 Å². The van der Waals surface area contributed by atoms with Gasteiger partial charge in [0.25, 0.3) is 5.91 Å². The first kappa shape index (κ1) is 23.2. The van der Waals surface area contributed by atoms with E-state index in [0.717, 1.165) is 6.26 Å². The Morgan fingerprint density at radius 2 is 1.72 bits per heavy atom. The minimum absolute atomic E-state index is 0.0929. The molecule has 0 aliphatic rings. The Kier molecular flexibility index (Phi) is 8.07. The average molecular weight is 457 g/mol. The van der Waals surface area contributed by atoms with E-state index in [0.29, 0.717) is 39.8 Å². The standard InChI is InChI=1S/C20H22Cl2N2O4S/c1-3-10-24(12-19(25)23-18-9-8-16(21)11-17(18)22)20(26)15-6-4-14(5-7-15)13-29(2,27)28/h4-9,11H,3,10,12-13H2,1-2H3,(H,23,25). The summed E-state index contributed by atoms with van der Waals surface area (Å²) in [5.74, 6) is -0.787. The number of carbonyl (C=O) groups is 2. The van der Waals surface area contributed by atoms with Crippen molar-refractivity contribution in [1.29, 1.82) is 0 Å². The van der Waals surface area contributed by atoms with Gasteiger partial charge >= 0.3 is 0 Å². The molecule has 0 fully saturated rings. The second-order valence-electron chi connectivity index (χ2n) is 6.67. The summed E-state index contributed by atoms with van der Waals surface area (Å²) in [6.07, 6.45) is 1.83. The maximum Gasteiger partial charge on any atom is 0.254 e. The SMILES string of the molecule is CCCN(CC(=O)Nc1ccc(Cl)cc1Cl)C(=O)c1ccc(CS(C)(=O)=O)cc1. The van der Waals surface area contributed by atoms with Crippen molar-refractivity contribution in [3.05, 3.63) is 63.6 Å². The molecule has 2 aromatic carbocycles. The van der Waals surface area contributed by atoms with Gasteiger partial charge in [0, 0.05) is 23.4 Å². The van der Waals surface area contributed by atoms with E-state index in [1.807, 2.05) is 6.92 Å². The van der Waals surface area contributed by atoms with Crippen LogP contribution >= 0.6 is 23.2 Å². The lowest BCUT2D eigenvalue weighted by Crippen LogP contribution is -2.38. The van der Waals surface area contributed by atoms with Crippen molar-refractivity contribution in [2.24, 2.45) is 0 Å². The largest absolute Gasteiger partial charge is 0.329 e.